The number of hydrogen-bond donors (Lipinski definition) is 1. The van der Waals surface area contributed by atoms with Gasteiger partial charge in [-0.2, -0.15) is 0 Å². The second-order valence-electron chi connectivity index (χ2n) is 7.70. The van der Waals surface area contributed by atoms with Crippen LogP contribution in [0.15, 0.2) is 0 Å². The van der Waals surface area contributed by atoms with Crippen molar-refractivity contribution in [2.45, 2.75) is 96.1 Å². The SMILES string of the molecule is CCCNC(CC1CCCCC1)C1(OC)CCC(C)CC1. The van der Waals surface area contributed by atoms with Crippen molar-refractivity contribution in [3.8, 4) is 0 Å². The Kier molecular flexibility index (Phi) is 7.01. The minimum atomic E-state index is 0.110. The summed E-state index contributed by atoms with van der Waals surface area (Å²) in [7, 11) is 1.96. The molecule has 2 saturated carbocycles. The van der Waals surface area contributed by atoms with Gasteiger partial charge in [0.1, 0.15) is 0 Å². The smallest absolute Gasteiger partial charge is 0.0831 e. The molecule has 0 bridgehead atoms. The van der Waals surface area contributed by atoms with E-state index < -0.39 is 0 Å². The van der Waals surface area contributed by atoms with E-state index >= 15 is 0 Å². The zero-order valence-corrected chi connectivity index (χ0v) is 14.6. The van der Waals surface area contributed by atoms with Crippen molar-refractivity contribution >= 4 is 0 Å². The summed E-state index contributed by atoms with van der Waals surface area (Å²) in [6.45, 7) is 5.81. The Morgan fingerprint density at radius 2 is 1.76 bits per heavy atom. The third kappa shape index (κ3) is 4.69. The molecule has 2 nitrogen and oxygen atoms in total. The molecule has 21 heavy (non-hydrogen) atoms. The van der Waals surface area contributed by atoms with Gasteiger partial charge in [0.25, 0.3) is 0 Å². The quantitative estimate of drug-likeness (QED) is 0.720. The first-order valence-corrected chi connectivity index (χ1v) is 9.48. The van der Waals surface area contributed by atoms with E-state index in [1.165, 1.54) is 70.6 Å². The Hall–Kier alpha value is -0.0800. The first-order valence-electron chi connectivity index (χ1n) is 9.48. The fourth-order valence-electron chi connectivity index (χ4n) is 4.50. The summed E-state index contributed by atoms with van der Waals surface area (Å²) in [6, 6.07) is 0.568. The van der Waals surface area contributed by atoms with Gasteiger partial charge >= 0.3 is 0 Å². The molecule has 2 aliphatic rings. The van der Waals surface area contributed by atoms with E-state index in [9.17, 15) is 0 Å². The molecular weight excluding hydrogens is 258 g/mol. The van der Waals surface area contributed by atoms with E-state index in [0.29, 0.717) is 6.04 Å². The van der Waals surface area contributed by atoms with Crippen LogP contribution in [0.3, 0.4) is 0 Å². The number of hydrogen-bond acceptors (Lipinski definition) is 2. The van der Waals surface area contributed by atoms with Gasteiger partial charge in [-0.3, -0.25) is 0 Å². The molecule has 2 fully saturated rings. The van der Waals surface area contributed by atoms with Crippen LogP contribution < -0.4 is 5.32 Å². The van der Waals surface area contributed by atoms with Crippen molar-refractivity contribution in [1.29, 1.82) is 0 Å². The predicted octanol–water partition coefficient (Wildman–Crippen LogP) is 4.92. The summed E-state index contributed by atoms with van der Waals surface area (Å²) in [4.78, 5) is 0. The van der Waals surface area contributed by atoms with E-state index in [2.05, 4.69) is 19.2 Å². The summed E-state index contributed by atoms with van der Waals surface area (Å²) < 4.78 is 6.17. The van der Waals surface area contributed by atoms with Gasteiger partial charge in [0.2, 0.25) is 0 Å². The standard InChI is InChI=1S/C19H37NO/c1-4-14-20-18(15-17-8-6-5-7-9-17)19(21-3)12-10-16(2)11-13-19/h16-18,20H,4-15H2,1-3H3. The fourth-order valence-corrected chi connectivity index (χ4v) is 4.50. The van der Waals surface area contributed by atoms with Crippen molar-refractivity contribution in [2.24, 2.45) is 11.8 Å². The highest BCUT2D eigenvalue weighted by atomic mass is 16.5. The Bertz CT molecular complexity index is 277. The van der Waals surface area contributed by atoms with E-state index in [0.717, 1.165) is 18.4 Å². The van der Waals surface area contributed by atoms with Crippen LogP contribution >= 0.6 is 0 Å². The largest absolute Gasteiger partial charge is 0.377 e. The van der Waals surface area contributed by atoms with Crippen LogP contribution in [0.25, 0.3) is 0 Å². The molecule has 0 saturated heterocycles. The summed E-state index contributed by atoms with van der Waals surface area (Å²) in [6.07, 6.45) is 15.0. The van der Waals surface area contributed by atoms with E-state index in [-0.39, 0.29) is 5.60 Å². The van der Waals surface area contributed by atoms with Crippen LogP contribution in [0.4, 0.5) is 0 Å². The first kappa shape index (κ1) is 17.3. The van der Waals surface area contributed by atoms with Gasteiger partial charge in [0.05, 0.1) is 5.60 Å². The third-order valence-corrected chi connectivity index (χ3v) is 6.10. The molecule has 2 aliphatic carbocycles. The second kappa shape index (κ2) is 8.53. The molecule has 1 atom stereocenters. The molecule has 0 heterocycles. The van der Waals surface area contributed by atoms with Crippen LogP contribution in [0.2, 0.25) is 0 Å². The lowest BCUT2D eigenvalue weighted by atomic mass is 9.71. The summed E-state index contributed by atoms with van der Waals surface area (Å²) in [5.74, 6) is 1.81. The highest BCUT2D eigenvalue weighted by Crippen LogP contribution is 2.40. The lowest BCUT2D eigenvalue weighted by molar-refractivity contribution is -0.0803. The molecule has 0 amide bonds. The van der Waals surface area contributed by atoms with Crippen molar-refractivity contribution in [1.82, 2.24) is 5.32 Å². The van der Waals surface area contributed by atoms with E-state index in [1.54, 1.807) is 0 Å². The Labute approximate surface area is 132 Å². The van der Waals surface area contributed by atoms with Gasteiger partial charge in [-0.1, -0.05) is 46.0 Å². The molecule has 2 rings (SSSR count). The maximum atomic E-state index is 6.17. The molecule has 0 aromatic carbocycles. The van der Waals surface area contributed by atoms with Gasteiger partial charge in [-0.25, -0.2) is 0 Å². The van der Waals surface area contributed by atoms with Crippen molar-refractivity contribution < 1.29 is 4.74 Å². The molecule has 0 spiro atoms. The lowest BCUT2D eigenvalue weighted by Crippen LogP contribution is -2.54. The average molecular weight is 296 g/mol. The maximum absolute atomic E-state index is 6.17. The number of rotatable bonds is 7. The molecule has 0 aliphatic heterocycles. The Balaban J connectivity index is 2.01. The van der Waals surface area contributed by atoms with Gasteiger partial charge < -0.3 is 10.1 Å². The molecule has 1 unspecified atom stereocenters. The van der Waals surface area contributed by atoms with Crippen LogP contribution in [-0.2, 0) is 4.74 Å². The van der Waals surface area contributed by atoms with Crippen LogP contribution in [0, 0.1) is 11.8 Å². The summed E-state index contributed by atoms with van der Waals surface area (Å²) in [5.41, 5.74) is 0.110. The number of methoxy groups -OCH3 is 1. The first-order chi connectivity index (χ1) is 10.2. The van der Waals surface area contributed by atoms with Gasteiger partial charge in [-0.15, -0.1) is 0 Å². The highest BCUT2D eigenvalue weighted by molar-refractivity contribution is 4.97. The average Bonchev–Trinajstić information content (AvgIpc) is 2.54. The normalized spacial score (nSPS) is 33.0. The monoisotopic (exact) mass is 295 g/mol. The number of nitrogens with one attached hydrogen (secondary N) is 1. The fraction of sp³-hybridized carbons (Fsp3) is 1.00. The van der Waals surface area contributed by atoms with Crippen molar-refractivity contribution in [3.63, 3.8) is 0 Å². The third-order valence-electron chi connectivity index (χ3n) is 6.10. The number of ether oxygens (including phenoxy) is 1. The van der Waals surface area contributed by atoms with E-state index in [4.69, 9.17) is 4.74 Å². The zero-order chi connectivity index (χ0) is 15.1. The predicted molar refractivity (Wildman–Crippen MR) is 90.6 cm³/mol. The maximum Gasteiger partial charge on any atom is 0.0831 e. The van der Waals surface area contributed by atoms with Crippen LogP contribution in [-0.4, -0.2) is 25.3 Å². The van der Waals surface area contributed by atoms with Crippen LogP contribution in [0.1, 0.15) is 84.5 Å². The molecule has 0 aromatic heterocycles. The molecule has 0 radical (unpaired) electrons. The van der Waals surface area contributed by atoms with Gasteiger partial charge in [-0.05, 0) is 56.9 Å². The molecule has 124 valence electrons. The van der Waals surface area contributed by atoms with Gasteiger partial charge in [0.15, 0.2) is 0 Å². The van der Waals surface area contributed by atoms with E-state index in [1.807, 2.05) is 7.11 Å². The zero-order valence-electron chi connectivity index (χ0n) is 14.6. The molecule has 1 N–H and O–H groups in total. The summed E-state index contributed by atoms with van der Waals surface area (Å²) in [5, 5.41) is 3.87. The molecule has 2 heteroatoms. The topological polar surface area (TPSA) is 21.3 Å². The van der Waals surface area contributed by atoms with Crippen molar-refractivity contribution in [3.05, 3.63) is 0 Å². The van der Waals surface area contributed by atoms with Crippen molar-refractivity contribution in [2.75, 3.05) is 13.7 Å². The lowest BCUT2D eigenvalue weighted by Gasteiger charge is -2.46. The Morgan fingerprint density at radius 3 is 2.33 bits per heavy atom. The molecular formula is C19H37NO. The summed E-state index contributed by atoms with van der Waals surface area (Å²) >= 11 is 0. The van der Waals surface area contributed by atoms with Gasteiger partial charge in [0, 0.05) is 13.2 Å². The second-order valence-corrected chi connectivity index (χ2v) is 7.70. The highest BCUT2D eigenvalue weighted by Gasteiger charge is 2.42. The minimum absolute atomic E-state index is 0.110. The van der Waals surface area contributed by atoms with Crippen LogP contribution in [0.5, 0.6) is 0 Å². The Morgan fingerprint density at radius 1 is 1.10 bits per heavy atom. The minimum Gasteiger partial charge on any atom is -0.377 e. The molecule has 0 aromatic rings.